The highest BCUT2D eigenvalue weighted by atomic mass is 16.5. The summed E-state index contributed by atoms with van der Waals surface area (Å²) in [6, 6.07) is 0. The number of ether oxygens (including phenoxy) is 1. The Labute approximate surface area is 299 Å². The van der Waals surface area contributed by atoms with Gasteiger partial charge in [0.15, 0.2) is 0 Å². The quantitative estimate of drug-likeness (QED) is 0.0475. The molecule has 51 heavy (non-hydrogen) atoms. The molecule has 0 fully saturated rings. The van der Waals surface area contributed by atoms with Gasteiger partial charge >= 0.3 is 0 Å². The summed E-state index contributed by atoms with van der Waals surface area (Å²) in [5.41, 5.74) is 0. The SMILES string of the molecule is CC(=O)NCC(C)CNC(C)=O.CC(=O)NCN(C=O)CNC(C)=O.CC(=O)NCN(C=O)CNC(C)=O.COC(CNC(C)=O)CNC(C)=O. The van der Waals surface area contributed by atoms with E-state index in [1.807, 2.05) is 6.92 Å². The van der Waals surface area contributed by atoms with E-state index >= 15 is 0 Å². The summed E-state index contributed by atoms with van der Waals surface area (Å²) in [4.78, 5) is 107. The summed E-state index contributed by atoms with van der Waals surface area (Å²) in [6.07, 6.45) is 0.922. The van der Waals surface area contributed by atoms with E-state index < -0.39 is 0 Å². The Morgan fingerprint density at radius 1 is 0.451 bits per heavy atom. The molecule has 0 rings (SSSR count). The first-order valence-corrected chi connectivity index (χ1v) is 15.6. The number of methoxy groups -OCH3 is 1. The van der Waals surface area contributed by atoms with Gasteiger partial charge in [0, 0.05) is 88.7 Å². The smallest absolute Gasteiger partial charge is 0.218 e. The van der Waals surface area contributed by atoms with Gasteiger partial charge in [-0.2, -0.15) is 0 Å². The van der Waals surface area contributed by atoms with Crippen LogP contribution in [0.2, 0.25) is 0 Å². The van der Waals surface area contributed by atoms with Crippen LogP contribution in [-0.4, -0.2) is 136 Å². The first-order chi connectivity index (χ1) is 23.7. The maximum Gasteiger partial charge on any atom is 0.218 e. The van der Waals surface area contributed by atoms with E-state index in [2.05, 4.69) is 42.5 Å². The lowest BCUT2D eigenvalue weighted by atomic mass is 10.2. The van der Waals surface area contributed by atoms with Gasteiger partial charge in [-0.15, -0.1) is 0 Å². The normalized spacial score (nSPS) is 9.25. The van der Waals surface area contributed by atoms with E-state index in [0.717, 1.165) is 0 Å². The monoisotopic (exact) mass is 734 g/mol. The lowest BCUT2D eigenvalue weighted by molar-refractivity contribution is -0.126. The van der Waals surface area contributed by atoms with Crippen LogP contribution in [0.25, 0.3) is 0 Å². The fourth-order valence-corrected chi connectivity index (χ4v) is 2.57. The molecule has 294 valence electrons. The molecule has 21 heteroatoms. The van der Waals surface area contributed by atoms with Crippen molar-refractivity contribution in [1.29, 1.82) is 0 Å². The molecule has 0 aromatic heterocycles. The molecule has 0 saturated carbocycles. The van der Waals surface area contributed by atoms with E-state index in [1.165, 1.54) is 72.3 Å². The van der Waals surface area contributed by atoms with Gasteiger partial charge in [-0.3, -0.25) is 47.9 Å². The van der Waals surface area contributed by atoms with Crippen molar-refractivity contribution in [2.75, 3.05) is 60.0 Å². The van der Waals surface area contributed by atoms with Gasteiger partial charge < -0.3 is 57.1 Å². The highest BCUT2D eigenvalue weighted by molar-refractivity contribution is 5.75. The van der Waals surface area contributed by atoms with E-state index in [1.54, 1.807) is 0 Å². The predicted molar refractivity (Wildman–Crippen MR) is 185 cm³/mol. The minimum Gasteiger partial charge on any atom is -0.378 e. The first-order valence-electron chi connectivity index (χ1n) is 15.6. The van der Waals surface area contributed by atoms with Gasteiger partial charge in [0.05, 0.1) is 32.8 Å². The lowest BCUT2D eigenvalue weighted by Crippen LogP contribution is -2.42. The second-order valence-electron chi connectivity index (χ2n) is 10.7. The van der Waals surface area contributed by atoms with Crippen LogP contribution in [0.4, 0.5) is 0 Å². The molecule has 0 saturated heterocycles. The molecule has 10 amide bonds. The zero-order chi connectivity index (χ0) is 40.4. The number of carbonyl (C=O) groups is 10. The number of amides is 10. The fraction of sp³-hybridized carbons (Fsp3) is 0.667. The number of hydrogen-bond donors (Lipinski definition) is 8. The zero-order valence-electron chi connectivity index (χ0n) is 31.4. The molecule has 21 nitrogen and oxygen atoms in total. The van der Waals surface area contributed by atoms with Gasteiger partial charge in [-0.05, 0) is 5.92 Å². The molecule has 0 radical (unpaired) electrons. The Kier molecular flexibility index (Phi) is 35.5. The molecule has 0 aliphatic carbocycles. The maximum atomic E-state index is 10.5. The summed E-state index contributed by atoms with van der Waals surface area (Å²) in [6.45, 7) is 15.6. The molecule has 0 aliphatic heterocycles. The Bertz CT molecular complexity index is 977. The molecule has 0 aromatic carbocycles. The molecule has 0 spiro atoms. The Morgan fingerprint density at radius 3 is 0.843 bits per heavy atom. The predicted octanol–water partition coefficient (Wildman–Crippen LogP) is -3.57. The third-order valence-corrected chi connectivity index (χ3v) is 5.31. The topological polar surface area (TPSA) is 283 Å². The average molecular weight is 735 g/mol. The second kappa shape index (κ2) is 34.5. The molecular weight excluding hydrogens is 676 g/mol. The zero-order valence-corrected chi connectivity index (χ0v) is 31.4. The Balaban J connectivity index is -0.000000289. The van der Waals surface area contributed by atoms with Crippen LogP contribution in [0.3, 0.4) is 0 Å². The number of rotatable bonds is 19. The van der Waals surface area contributed by atoms with Crippen LogP contribution in [0.5, 0.6) is 0 Å². The summed E-state index contributed by atoms with van der Waals surface area (Å²) in [7, 11) is 1.54. The maximum absolute atomic E-state index is 10.5. The minimum atomic E-state index is -0.227. The molecule has 0 heterocycles. The molecular formula is C30H58N10O11. The van der Waals surface area contributed by atoms with Gasteiger partial charge in [0.1, 0.15) is 0 Å². The van der Waals surface area contributed by atoms with Crippen LogP contribution in [0.15, 0.2) is 0 Å². The fourth-order valence-electron chi connectivity index (χ4n) is 2.57. The van der Waals surface area contributed by atoms with Crippen LogP contribution in [0.1, 0.15) is 62.3 Å². The minimum absolute atomic E-state index is 0.0373. The van der Waals surface area contributed by atoms with E-state index in [9.17, 15) is 47.9 Å². The Morgan fingerprint density at radius 2 is 0.667 bits per heavy atom. The van der Waals surface area contributed by atoms with Crippen molar-refractivity contribution >= 4 is 60.1 Å². The first kappa shape index (κ1) is 52.5. The van der Waals surface area contributed by atoms with Gasteiger partial charge in [-0.1, -0.05) is 6.92 Å². The van der Waals surface area contributed by atoms with Gasteiger partial charge in [-0.25, -0.2) is 0 Å². The van der Waals surface area contributed by atoms with Gasteiger partial charge in [0.2, 0.25) is 60.1 Å². The number of nitrogens with one attached hydrogen (secondary N) is 8. The molecule has 0 aliphatic rings. The molecule has 0 unspecified atom stereocenters. The molecule has 0 bridgehead atoms. The van der Waals surface area contributed by atoms with E-state index in [0.29, 0.717) is 39.0 Å². The van der Waals surface area contributed by atoms with Crippen LogP contribution in [0, 0.1) is 5.92 Å². The van der Waals surface area contributed by atoms with E-state index in [-0.39, 0.29) is 86.0 Å². The summed E-state index contributed by atoms with van der Waals surface area (Å²) >= 11 is 0. The van der Waals surface area contributed by atoms with Crippen molar-refractivity contribution in [2.24, 2.45) is 5.92 Å². The third kappa shape index (κ3) is 49.2. The summed E-state index contributed by atoms with van der Waals surface area (Å²) < 4.78 is 5.02. The molecule has 0 aromatic rings. The lowest BCUT2D eigenvalue weighted by Gasteiger charge is -2.17. The van der Waals surface area contributed by atoms with Crippen LogP contribution < -0.4 is 42.5 Å². The standard InChI is InChI=1S/C8H16N2O3.C8H16N2O2.2C7H13N3O3/c1-6(11)9-4-8(13-3)5-10-7(2)12;1-6(4-9-7(2)11)5-10-8(3)12;2*1-6(12)8-3-10(5-11)4-9-7(2)13/h8H,4-5H2,1-3H3,(H,9,11)(H,10,12);6H,4-5H2,1-3H3,(H,9,11)(H,10,12);2*5H,3-4H2,1-2H3,(H,8,12)(H,9,13). The molecule has 8 N–H and O–H groups in total. The van der Waals surface area contributed by atoms with Crippen molar-refractivity contribution < 1.29 is 52.7 Å². The van der Waals surface area contributed by atoms with Crippen LogP contribution in [-0.2, 0) is 52.7 Å². The van der Waals surface area contributed by atoms with Crippen molar-refractivity contribution in [3.05, 3.63) is 0 Å². The van der Waals surface area contributed by atoms with Crippen molar-refractivity contribution in [1.82, 2.24) is 52.3 Å². The van der Waals surface area contributed by atoms with Gasteiger partial charge in [0.25, 0.3) is 0 Å². The summed E-state index contributed by atoms with van der Waals surface area (Å²) in [5, 5.41) is 20.3. The van der Waals surface area contributed by atoms with Crippen molar-refractivity contribution in [2.45, 2.75) is 68.4 Å². The van der Waals surface area contributed by atoms with Crippen molar-refractivity contribution in [3.8, 4) is 0 Å². The van der Waals surface area contributed by atoms with E-state index in [4.69, 9.17) is 4.74 Å². The second-order valence-corrected chi connectivity index (χ2v) is 10.7. The number of hydrogen-bond acceptors (Lipinski definition) is 11. The molecule has 0 atom stereocenters. The van der Waals surface area contributed by atoms with Crippen molar-refractivity contribution in [3.63, 3.8) is 0 Å². The largest absolute Gasteiger partial charge is 0.378 e. The highest BCUT2D eigenvalue weighted by Crippen LogP contribution is 1.89. The van der Waals surface area contributed by atoms with Crippen LogP contribution >= 0.6 is 0 Å². The highest BCUT2D eigenvalue weighted by Gasteiger charge is 2.08. The average Bonchev–Trinajstić information content (AvgIpc) is 3.03. The number of nitrogens with zero attached hydrogens (tertiary/aromatic N) is 2. The third-order valence-electron chi connectivity index (χ3n) is 5.31. The Hall–Kier alpha value is -5.34. The summed E-state index contributed by atoms with van der Waals surface area (Å²) in [5.74, 6) is -0.921. The number of carbonyl (C=O) groups excluding carboxylic acids is 10.